The molecule has 1 heterocycles. The maximum atomic E-state index is 12.0. The first-order valence-corrected chi connectivity index (χ1v) is 12.4. The third-order valence-electron chi connectivity index (χ3n) is 5.81. The summed E-state index contributed by atoms with van der Waals surface area (Å²) in [6.07, 6.45) is 0. The molecule has 0 bridgehead atoms. The zero-order valence-electron chi connectivity index (χ0n) is 22.0. The van der Waals surface area contributed by atoms with Crippen molar-refractivity contribution >= 4 is 5.91 Å². The van der Waals surface area contributed by atoms with Gasteiger partial charge in [-0.05, 0) is 78.9 Å². The number of nitrogens with one attached hydrogen (secondary N) is 2. The third kappa shape index (κ3) is 7.96. The number of aryl methyl sites for hydroxylation is 1. The largest absolute Gasteiger partial charge is 0.489 e. The Labute approximate surface area is 224 Å². The Bertz CT molecular complexity index is 1540. The molecule has 1 aromatic heterocycles. The molecule has 0 saturated heterocycles. The van der Waals surface area contributed by atoms with Gasteiger partial charge < -0.3 is 24.4 Å². The summed E-state index contributed by atoms with van der Waals surface area (Å²) in [5.41, 5.74) is 3.25. The number of aliphatic hydroxyl groups is 1. The molecule has 4 aromatic rings. The molecule has 3 aromatic carbocycles. The lowest BCUT2D eigenvalue weighted by molar-refractivity contribution is -0.124. The Kier molecular flexibility index (Phi) is 8.36. The average molecular weight is 534 g/mol. The molecule has 0 spiro atoms. The number of nitrogens with zero attached hydrogens (tertiary/aromatic N) is 1. The summed E-state index contributed by atoms with van der Waals surface area (Å²) in [5.74, 6) is 0.161. The van der Waals surface area contributed by atoms with Gasteiger partial charge in [-0.25, -0.2) is 14.6 Å². The zero-order chi connectivity index (χ0) is 28.0. The van der Waals surface area contributed by atoms with Crippen LogP contribution in [0.1, 0.15) is 30.5 Å². The molecule has 1 amide bonds. The number of aromatic nitrogens is 2. The fraction of sp³-hybridized carbons (Fsp3) is 0.276. The minimum Gasteiger partial charge on any atom is -0.489 e. The maximum Gasteiger partial charge on any atom is 0.440 e. The van der Waals surface area contributed by atoms with Crippen molar-refractivity contribution in [3.8, 4) is 22.6 Å². The van der Waals surface area contributed by atoms with E-state index in [-0.39, 0.29) is 25.6 Å². The molecular weight excluding hydrogens is 502 g/mol. The number of amides is 1. The van der Waals surface area contributed by atoms with Gasteiger partial charge in [0.2, 0.25) is 0 Å². The lowest BCUT2D eigenvalue weighted by atomic mass is 9.99. The van der Waals surface area contributed by atoms with Gasteiger partial charge in [-0.3, -0.25) is 4.79 Å². The van der Waals surface area contributed by atoms with Crippen LogP contribution in [0.3, 0.4) is 0 Å². The molecule has 39 heavy (non-hydrogen) atoms. The van der Waals surface area contributed by atoms with Gasteiger partial charge in [-0.15, -0.1) is 4.74 Å². The van der Waals surface area contributed by atoms with Crippen LogP contribution in [-0.4, -0.2) is 39.5 Å². The summed E-state index contributed by atoms with van der Waals surface area (Å²) in [6.45, 7) is 5.73. The smallest absolute Gasteiger partial charge is 0.440 e. The monoisotopic (exact) mass is 533 g/mol. The highest BCUT2D eigenvalue weighted by Gasteiger charge is 2.14. The first kappa shape index (κ1) is 27.5. The lowest BCUT2D eigenvalue weighted by Gasteiger charge is -2.17. The van der Waals surface area contributed by atoms with Crippen LogP contribution in [0, 0.1) is 6.92 Å². The summed E-state index contributed by atoms with van der Waals surface area (Å²) in [6, 6.07) is 20.9. The summed E-state index contributed by atoms with van der Waals surface area (Å²) in [5, 5.41) is 12.4. The Balaban J connectivity index is 1.33. The maximum absolute atomic E-state index is 12.0. The van der Waals surface area contributed by atoms with E-state index in [2.05, 4.69) is 16.4 Å². The Morgan fingerprint density at radius 2 is 1.74 bits per heavy atom. The summed E-state index contributed by atoms with van der Waals surface area (Å²) in [7, 11) is 0. The van der Waals surface area contributed by atoms with Crippen LogP contribution in [-0.2, 0) is 17.9 Å². The number of carbonyl (C=O) groups excluding carboxylic acids is 1. The van der Waals surface area contributed by atoms with E-state index >= 15 is 0 Å². The van der Waals surface area contributed by atoms with E-state index in [9.17, 15) is 19.5 Å². The first-order valence-electron chi connectivity index (χ1n) is 12.4. The van der Waals surface area contributed by atoms with Crippen molar-refractivity contribution in [2.45, 2.75) is 39.5 Å². The van der Waals surface area contributed by atoms with Crippen molar-refractivity contribution in [2.24, 2.45) is 0 Å². The number of rotatable bonds is 11. The fourth-order valence-electron chi connectivity index (χ4n) is 3.83. The highest BCUT2D eigenvalue weighted by Crippen LogP contribution is 2.28. The second-order valence-electron chi connectivity index (χ2n) is 9.83. The molecule has 0 radical (unpaired) electrons. The highest BCUT2D eigenvalue weighted by atomic mass is 16.5. The molecule has 0 unspecified atom stereocenters. The van der Waals surface area contributed by atoms with Crippen molar-refractivity contribution in [1.82, 2.24) is 15.0 Å². The quantitative estimate of drug-likeness (QED) is 0.270. The van der Waals surface area contributed by atoms with E-state index in [0.717, 1.165) is 32.6 Å². The molecule has 4 rings (SSSR count). The van der Waals surface area contributed by atoms with Crippen molar-refractivity contribution in [3.05, 3.63) is 104 Å². The molecule has 204 valence electrons. The average Bonchev–Trinajstić information content (AvgIpc) is 3.21. The Morgan fingerprint density at radius 1 is 1.00 bits per heavy atom. The van der Waals surface area contributed by atoms with Crippen LogP contribution in [0.5, 0.6) is 11.5 Å². The minimum absolute atomic E-state index is 0.135. The van der Waals surface area contributed by atoms with E-state index < -0.39 is 17.0 Å². The van der Waals surface area contributed by atoms with Gasteiger partial charge in [0, 0.05) is 6.54 Å². The van der Waals surface area contributed by atoms with Gasteiger partial charge >= 0.3 is 11.4 Å². The molecule has 0 saturated carbocycles. The Hall–Kier alpha value is -4.57. The van der Waals surface area contributed by atoms with Crippen LogP contribution < -0.4 is 26.2 Å². The van der Waals surface area contributed by atoms with Crippen LogP contribution in [0.2, 0.25) is 0 Å². The second-order valence-corrected chi connectivity index (χ2v) is 9.83. The van der Waals surface area contributed by atoms with E-state index in [4.69, 9.17) is 14.0 Å². The summed E-state index contributed by atoms with van der Waals surface area (Å²) < 4.78 is 17.3. The van der Waals surface area contributed by atoms with Gasteiger partial charge in [-0.1, -0.05) is 36.4 Å². The molecular formula is C29H31N3O7. The number of benzene rings is 3. The first-order chi connectivity index (χ1) is 18.6. The number of carbonyl (C=O) groups is 1. The minimum atomic E-state index is -0.981. The predicted molar refractivity (Wildman–Crippen MR) is 145 cm³/mol. The highest BCUT2D eigenvalue weighted by molar-refractivity contribution is 5.77. The lowest BCUT2D eigenvalue weighted by Crippen LogP contribution is -2.40. The number of aromatic amines is 1. The third-order valence-corrected chi connectivity index (χ3v) is 5.81. The Morgan fingerprint density at radius 3 is 2.41 bits per heavy atom. The van der Waals surface area contributed by atoms with Gasteiger partial charge in [-0.2, -0.15) is 0 Å². The van der Waals surface area contributed by atoms with E-state index in [1.165, 1.54) is 0 Å². The van der Waals surface area contributed by atoms with Crippen molar-refractivity contribution < 1.29 is 23.9 Å². The van der Waals surface area contributed by atoms with Crippen LogP contribution in [0.15, 0.2) is 80.8 Å². The molecule has 3 N–H and O–H groups in total. The van der Waals surface area contributed by atoms with Crippen molar-refractivity contribution in [1.29, 1.82) is 0 Å². The summed E-state index contributed by atoms with van der Waals surface area (Å²) in [4.78, 5) is 36.7. The van der Waals surface area contributed by atoms with Gasteiger partial charge in [0.05, 0.1) is 12.1 Å². The number of hydrogen-bond acceptors (Lipinski definition) is 7. The van der Waals surface area contributed by atoms with E-state index in [1.807, 2.05) is 43.3 Å². The van der Waals surface area contributed by atoms with Crippen LogP contribution >= 0.6 is 0 Å². The van der Waals surface area contributed by atoms with Gasteiger partial charge in [0.1, 0.15) is 18.1 Å². The molecule has 0 aliphatic rings. The van der Waals surface area contributed by atoms with Crippen LogP contribution in [0.4, 0.5) is 0 Å². The predicted octanol–water partition coefficient (Wildman–Crippen LogP) is 3.00. The second kappa shape index (κ2) is 11.9. The fourth-order valence-corrected chi connectivity index (χ4v) is 3.83. The van der Waals surface area contributed by atoms with Crippen molar-refractivity contribution in [3.63, 3.8) is 0 Å². The number of hydrogen-bond donors (Lipinski definition) is 3. The molecule has 0 fully saturated rings. The molecule has 10 nitrogen and oxygen atoms in total. The standard InChI is InChI=1S/C29H31N3O7/c1-19-13-24(38-17-26(33)30-18-29(2,3)36)11-12-25(19)22-6-4-5-21(14-22)16-37-23-9-7-20(8-10-23)15-32-27(34)31-28(35)39-32/h4-14,36H,15-18H2,1-3H3,(H,30,33)(H,31,34,35). The molecule has 10 heteroatoms. The molecule has 0 aliphatic carbocycles. The van der Waals surface area contributed by atoms with E-state index in [0.29, 0.717) is 18.1 Å². The van der Waals surface area contributed by atoms with E-state index in [1.54, 1.807) is 38.1 Å². The topological polar surface area (TPSA) is 136 Å². The normalized spacial score (nSPS) is 11.3. The molecule has 0 aliphatic heterocycles. The van der Waals surface area contributed by atoms with Gasteiger partial charge in [0.15, 0.2) is 6.61 Å². The van der Waals surface area contributed by atoms with Crippen LogP contribution in [0.25, 0.3) is 11.1 Å². The van der Waals surface area contributed by atoms with Gasteiger partial charge in [0.25, 0.3) is 5.91 Å². The zero-order valence-corrected chi connectivity index (χ0v) is 22.0. The van der Waals surface area contributed by atoms with Crippen molar-refractivity contribution in [2.75, 3.05) is 13.2 Å². The molecule has 0 atom stereocenters. The number of ether oxygens (including phenoxy) is 2. The summed E-state index contributed by atoms with van der Waals surface area (Å²) >= 11 is 0. The number of H-pyrrole nitrogens is 1. The SMILES string of the molecule is Cc1cc(OCC(=O)NCC(C)(C)O)ccc1-c1cccc(COc2ccc(Cn3oc(=O)[nH]c3=O)cc2)c1.